The molecule has 0 bridgehead atoms. The highest BCUT2D eigenvalue weighted by molar-refractivity contribution is 5.25. The zero-order chi connectivity index (χ0) is 9.42. The third-order valence-corrected chi connectivity index (χ3v) is 2.25. The summed E-state index contributed by atoms with van der Waals surface area (Å²) in [6.45, 7) is 5.74. The van der Waals surface area contributed by atoms with Crippen molar-refractivity contribution >= 4 is 0 Å². The molecule has 1 aliphatic rings. The van der Waals surface area contributed by atoms with Gasteiger partial charge in [0.1, 0.15) is 0 Å². The molecule has 0 spiro atoms. The number of nitrogens with zero attached hydrogens (tertiary/aromatic N) is 1. The number of rotatable bonds is 2. The van der Waals surface area contributed by atoms with E-state index in [1.165, 1.54) is 5.56 Å². The molecule has 62 valence electrons. The van der Waals surface area contributed by atoms with Gasteiger partial charge in [-0.3, -0.25) is 0 Å². The largest absolute Gasteiger partial charge is 0.361 e. The molecule has 0 saturated carbocycles. The average molecular weight is 160 g/mol. The van der Waals surface area contributed by atoms with Crippen molar-refractivity contribution in [1.29, 1.82) is 0 Å². The van der Waals surface area contributed by atoms with Gasteiger partial charge >= 0.3 is 0 Å². The van der Waals surface area contributed by atoms with Gasteiger partial charge < -0.3 is 4.90 Å². The molecule has 0 N–H and O–H groups in total. The number of benzene rings is 1. The molecule has 1 saturated heterocycles. The van der Waals surface area contributed by atoms with Gasteiger partial charge in [-0.2, -0.15) is 0 Å². The van der Waals surface area contributed by atoms with E-state index in [4.69, 9.17) is 1.37 Å². The maximum atomic E-state index is 7.56. The number of hydrogen-bond acceptors (Lipinski definition) is 1. The summed E-state index contributed by atoms with van der Waals surface area (Å²) in [4.78, 5) is 2.01. The SMILES string of the molecule is [2H]C1C(=C)N1C(C)c1ccccc1. The Bertz CT molecular complexity index is 320. The summed E-state index contributed by atoms with van der Waals surface area (Å²) >= 11 is 0. The van der Waals surface area contributed by atoms with E-state index in [0.717, 1.165) is 5.70 Å². The first-order valence-corrected chi connectivity index (χ1v) is 4.16. The van der Waals surface area contributed by atoms with Crippen molar-refractivity contribution in [3.05, 3.63) is 48.2 Å². The lowest BCUT2D eigenvalue weighted by molar-refractivity contribution is 0.464. The van der Waals surface area contributed by atoms with Crippen molar-refractivity contribution in [2.75, 3.05) is 6.52 Å². The van der Waals surface area contributed by atoms with Crippen molar-refractivity contribution in [3.8, 4) is 0 Å². The Morgan fingerprint density at radius 1 is 1.50 bits per heavy atom. The summed E-state index contributed by atoms with van der Waals surface area (Å²) in [6.07, 6.45) is 0. The van der Waals surface area contributed by atoms with Crippen LogP contribution < -0.4 is 0 Å². The Balaban J connectivity index is 2.15. The fourth-order valence-electron chi connectivity index (χ4n) is 1.38. The molecule has 1 heterocycles. The summed E-state index contributed by atoms with van der Waals surface area (Å²) in [5.74, 6) is 0. The highest BCUT2D eigenvalue weighted by atomic mass is 15.3. The standard InChI is InChI=1S/C11H13N/c1-9-8-12(9)10(2)11-6-4-3-5-7-11/h3-7,10H,1,8H2,2H3/i8D. The normalized spacial score (nSPS) is 25.1. The molecule has 1 aromatic carbocycles. The van der Waals surface area contributed by atoms with E-state index < -0.39 is 0 Å². The third-order valence-electron chi connectivity index (χ3n) is 2.25. The van der Waals surface area contributed by atoms with E-state index >= 15 is 0 Å². The van der Waals surface area contributed by atoms with E-state index in [-0.39, 0.29) is 12.6 Å². The van der Waals surface area contributed by atoms with Crippen LogP contribution in [0.2, 0.25) is 0 Å². The van der Waals surface area contributed by atoms with Gasteiger partial charge in [-0.25, -0.2) is 0 Å². The minimum atomic E-state index is -0.185. The Hall–Kier alpha value is -1.24. The fraction of sp³-hybridized carbons (Fsp3) is 0.273. The second kappa shape index (κ2) is 2.67. The third kappa shape index (κ3) is 1.22. The minimum Gasteiger partial charge on any atom is -0.361 e. The zero-order valence-electron chi connectivity index (χ0n) is 8.20. The van der Waals surface area contributed by atoms with Crippen molar-refractivity contribution in [3.63, 3.8) is 0 Å². The maximum Gasteiger partial charge on any atom is 0.0576 e. The molecule has 1 nitrogen and oxygen atoms in total. The van der Waals surface area contributed by atoms with Crippen LogP contribution in [0.25, 0.3) is 0 Å². The molecule has 1 fully saturated rings. The van der Waals surface area contributed by atoms with Crippen LogP contribution in [0, 0.1) is 0 Å². The van der Waals surface area contributed by atoms with Crippen LogP contribution in [0.1, 0.15) is 19.9 Å². The molecule has 2 rings (SSSR count). The molecule has 0 amide bonds. The van der Waals surface area contributed by atoms with Crippen LogP contribution in [0.3, 0.4) is 0 Å². The zero-order valence-corrected chi connectivity index (χ0v) is 7.20. The Morgan fingerprint density at radius 3 is 2.58 bits per heavy atom. The van der Waals surface area contributed by atoms with Gasteiger partial charge in [0.25, 0.3) is 0 Å². The fourth-order valence-corrected chi connectivity index (χ4v) is 1.38. The Labute approximate surface area is 74.7 Å². The van der Waals surface area contributed by atoms with Gasteiger partial charge in [0.05, 0.1) is 13.9 Å². The van der Waals surface area contributed by atoms with Crippen LogP contribution in [0.5, 0.6) is 0 Å². The maximum absolute atomic E-state index is 7.56. The van der Waals surface area contributed by atoms with Gasteiger partial charge in [-0.05, 0) is 12.5 Å². The molecule has 1 aromatic rings. The second-order valence-electron chi connectivity index (χ2n) is 3.11. The van der Waals surface area contributed by atoms with Crippen LogP contribution in [0.15, 0.2) is 42.6 Å². The van der Waals surface area contributed by atoms with E-state index in [9.17, 15) is 0 Å². The van der Waals surface area contributed by atoms with Gasteiger partial charge in [0, 0.05) is 5.70 Å². The average Bonchev–Trinajstić information content (AvgIpc) is 2.75. The van der Waals surface area contributed by atoms with Gasteiger partial charge in [0.2, 0.25) is 0 Å². The van der Waals surface area contributed by atoms with Gasteiger partial charge in [-0.15, -0.1) is 0 Å². The topological polar surface area (TPSA) is 3.01 Å². The molecular weight excluding hydrogens is 146 g/mol. The monoisotopic (exact) mass is 160 g/mol. The molecule has 2 atom stereocenters. The molecule has 12 heavy (non-hydrogen) atoms. The molecule has 1 heteroatoms. The minimum absolute atomic E-state index is 0.185. The van der Waals surface area contributed by atoms with E-state index in [1.807, 2.05) is 23.1 Å². The molecule has 1 aliphatic heterocycles. The first kappa shape index (κ1) is 6.30. The molecule has 2 unspecified atom stereocenters. The lowest BCUT2D eigenvalue weighted by Crippen LogP contribution is -2.03. The smallest absolute Gasteiger partial charge is 0.0576 e. The molecule has 0 aliphatic carbocycles. The number of hydrogen-bond donors (Lipinski definition) is 0. The summed E-state index contributed by atoms with van der Waals surface area (Å²) in [5.41, 5.74) is 2.18. The molecule has 0 radical (unpaired) electrons. The predicted octanol–water partition coefficient (Wildman–Crippen LogP) is 2.58. The summed E-state index contributed by atoms with van der Waals surface area (Å²) in [7, 11) is 0. The second-order valence-corrected chi connectivity index (χ2v) is 3.11. The van der Waals surface area contributed by atoms with Crippen molar-refractivity contribution in [1.82, 2.24) is 4.90 Å². The first-order valence-electron chi connectivity index (χ1n) is 4.74. The van der Waals surface area contributed by atoms with E-state index in [0.29, 0.717) is 0 Å². The highest BCUT2D eigenvalue weighted by Gasteiger charge is 2.28. The highest BCUT2D eigenvalue weighted by Crippen LogP contribution is 2.32. The molecular formula is C11H13N. The van der Waals surface area contributed by atoms with Crippen LogP contribution in [0.4, 0.5) is 0 Å². The lowest BCUT2D eigenvalue weighted by atomic mass is 10.1. The van der Waals surface area contributed by atoms with E-state index in [1.54, 1.807) is 0 Å². The summed E-state index contributed by atoms with van der Waals surface area (Å²) in [6, 6.07) is 10.5. The van der Waals surface area contributed by atoms with Gasteiger partial charge in [-0.1, -0.05) is 36.9 Å². The van der Waals surface area contributed by atoms with Crippen LogP contribution in [-0.2, 0) is 0 Å². The Morgan fingerprint density at radius 2 is 2.08 bits per heavy atom. The van der Waals surface area contributed by atoms with Crippen molar-refractivity contribution in [2.24, 2.45) is 0 Å². The predicted molar refractivity (Wildman–Crippen MR) is 50.7 cm³/mol. The van der Waals surface area contributed by atoms with Crippen LogP contribution in [-0.4, -0.2) is 11.4 Å². The van der Waals surface area contributed by atoms with Crippen molar-refractivity contribution < 1.29 is 1.37 Å². The summed E-state index contributed by atoms with van der Waals surface area (Å²) in [5, 5.41) is 0. The molecule has 0 aromatic heterocycles. The summed E-state index contributed by atoms with van der Waals surface area (Å²) < 4.78 is 7.56. The van der Waals surface area contributed by atoms with Crippen LogP contribution >= 0.6 is 0 Å². The van der Waals surface area contributed by atoms with E-state index in [2.05, 4.69) is 25.6 Å². The quantitative estimate of drug-likeness (QED) is 0.601. The lowest BCUT2D eigenvalue weighted by Gasteiger charge is -2.12. The van der Waals surface area contributed by atoms with Gasteiger partial charge in [0.15, 0.2) is 0 Å². The first-order chi connectivity index (χ1) is 6.22. The van der Waals surface area contributed by atoms with Crippen molar-refractivity contribution in [2.45, 2.75) is 13.0 Å². The Kier molecular flexibility index (Phi) is 1.40.